The quantitative estimate of drug-likeness (QED) is 0.730. The molecule has 13 heavy (non-hydrogen) atoms. The number of phenols is 1. The summed E-state index contributed by atoms with van der Waals surface area (Å²) in [5.41, 5.74) is 0.291. The first-order chi connectivity index (χ1) is 6.20. The minimum Gasteiger partial charge on any atom is -0.506 e. The second-order valence-corrected chi connectivity index (χ2v) is 3.49. The lowest BCUT2D eigenvalue weighted by Crippen LogP contribution is -2.35. The fraction of sp³-hybridized carbons (Fsp3) is 0.333. The van der Waals surface area contributed by atoms with Crippen molar-refractivity contribution < 1.29 is 9.50 Å². The molecule has 0 saturated carbocycles. The SMILES string of the molecule is Oc1c(Cl)ccc(F)c1[C@@H]1CCN1. The standard InChI is InChI=1S/C9H9ClFNO/c10-5-1-2-6(11)8(9(5)13)7-3-4-12-7/h1-2,7,12-13H,3-4H2/t7-/m0/s1. The van der Waals surface area contributed by atoms with Crippen LogP contribution in [0.2, 0.25) is 5.02 Å². The maximum atomic E-state index is 13.2. The van der Waals surface area contributed by atoms with Crippen LogP contribution in [0, 0.1) is 5.82 Å². The van der Waals surface area contributed by atoms with Gasteiger partial charge in [-0.15, -0.1) is 0 Å². The third kappa shape index (κ3) is 1.38. The maximum Gasteiger partial charge on any atom is 0.141 e. The minimum atomic E-state index is -0.404. The molecule has 1 saturated heterocycles. The first-order valence-corrected chi connectivity index (χ1v) is 4.48. The van der Waals surface area contributed by atoms with E-state index in [-0.39, 0.29) is 16.8 Å². The van der Waals surface area contributed by atoms with E-state index in [2.05, 4.69) is 5.32 Å². The largest absolute Gasteiger partial charge is 0.506 e. The van der Waals surface area contributed by atoms with Gasteiger partial charge in [-0.1, -0.05) is 11.6 Å². The molecule has 0 bridgehead atoms. The number of rotatable bonds is 1. The van der Waals surface area contributed by atoms with E-state index >= 15 is 0 Å². The number of hydrogen-bond acceptors (Lipinski definition) is 2. The highest BCUT2D eigenvalue weighted by Crippen LogP contribution is 2.37. The molecule has 1 aromatic rings. The van der Waals surface area contributed by atoms with Crippen LogP contribution in [0.1, 0.15) is 18.0 Å². The molecule has 2 N–H and O–H groups in total. The average Bonchev–Trinajstić information content (AvgIpc) is 2.02. The van der Waals surface area contributed by atoms with Gasteiger partial charge in [-0.3, -0.25) is 0 Å². The van der Waals surface area contributed by atoms with Gasteiger partial charge >= 0.3 is 0 Å². The summed E-state index contributed by atoms with van der Waals surface area (Å²) >= 11 is 5.67. The summed E-state index contributed by atoms with van der Waals surface area (Å²) in [6, 6.07) is 2.55. The molecule has 0 spiro atoms. The zero-order valence-corrected chi connectivity index (χ0v) is 7.61. The number of benzene rings is 1. The van der Waals surface area contributed by atoms with Crippen LogP contribution in [-0.2, 0) is 0 Å². The predicted molar refractivity (Wildman–Crippen MR) is 48.4 cm³/mol. The number of phenolic OH excluding ortho intramolecular Hbond substituents is 1. The van der Waals surface area contributed by atoms with Gasteiger partial charge in [0.15, 0.2) is 0 Å². The summed E-state index contributed by atoms with van der Waals surface area (Å²) in [6.07, 6.45) is 0.838. The molecule has 1 aliphatic rings. The fourth-order valence-corrected chi connectivity index (χ4v) is 1.59. The van der Waals surface area contributed by atoms with E-state index in [1.54, 1.807) is 0 Å². The molecule has 1 aromatic carbocycles. The Morgan fingerprint density at radius 2 is 2.23 bits per heavy atom. The van der Waals surface area contributed by atoms with Gasteiger partial charge in [-0.2, -0.15) is 0 Å². The molecule has 0 aromatic heterocycles. The molecule has 70 valence electrons. The van der Waals surface area contributed by atoms with Gasteiger partial charge in [-0.25, -0.2) is 4.39 Å². The van der Waals surface area contributed by atoms with Crippen molar-refractivity contribution in [3.63, 3.8) is 0 Å². The molecule has 1 fully saturated rings. The molecule has 0 amide bonds. The van der Waals surface area contributed by atoms with Gasteiger partial charge in [0.1, 0.15) is 11.6 Å². The monoisotopic (exact) mass is 201 g/mol. The van der Waals surface area contributed by atoms with Crippen LogP contribution in [0.25, 0.3) is 0 Å². The zero-order valence-electron chi connectivity index (χ0n) is 6.85. The number of hydrogen-bond donors (Lipinski definition) is 2. The Labute approximate surface area is 80.3 Å². The van der Waals surface area contributed by atoms with E-state index < -0.39 is 5.82 Å². The van der Waals surface area contributed by atoms with Gasteiger partial charge < -0.3 is 10.4 Å². The number of halogens is 2. The highest BCUT2D eigenvalue weighted by Gasteiger charge is 2.25. The van der Waals surface area contributed by atoms with E-state index in [0.717, 1.165) is 13.0 Å². The van der Waals surface area contributed by atoms with E-state index in [1.807, 2.05) is 0 Å². The summed E-state index contributed by atoms with van der Waals surface area (Å²) in [7, 11) is 0. The third-order valence-electron chi connectivity index (χ3n) is 2.29. The highest BCUT2D eigenvalue weighted by molar-refractivity contribution is 6.32. The molecule has 1 heterocycles. The average molecular weight is 202 g/mol. The Balaban J connectivity index is 2.46. The smallest absolute Gasteiger partial charge is 0.141 e. The lowest BCUT2D eigenvalue weighted by Gasteiger charge is -2.28. The molecule has 0 radical (unpaired) electrons. The van der Waals surface area contributed by atoms with Crippen molar-refractivity contribution in [3.05, 3.63) is 28.5 Å². The molecule has 0 unspecified atom stereocenters. The molecule has 2 nitrogen and oxygen atoms in total. The summed E-state index contributed by atoms with van der Waals surface area (Å²) < 4.78 is 13.2. The molecule has 4 heteroatoms. The Kier molecular flexibility index (Phi) is 2.14. The van der Waals surface area contributed by atoms with Crippen LogP contribution in [-0.4, -0.2) is 11.7 Å². The zero-order chi connectivity index (χ0) is 9.42. The Morgan fingerprint density at radius 1 is 1.54 bits per heavy atom. The van der Waals surface area contributed by atoms with Crippen molar-refractivity contribution in [1.29, 1.82) is 0 Å². The van der Waals surface area contributed by atoms with Crippen LogP contribution in [0.15, 0.2) is 12.1 Å². The molecular formula is C9H9ClFNO. The molecular weight excluding hydrogens is 193 g/mol. The van der Waals surface area contributed by atoms with E-state index in [4.69, 9.17) is 11.6 Å². The van der Waals surface area contributed by atoms with Gasteiger partial charge in [-0.05, 0) is 25.1 Å². The summed E-state index contributed by atoms with van der Waals surface area (Å²) in [5.74, 6) is -0.544. The maximum absolute atomic E-state index is 13.2. The first-order valence-electron chi connectivity index (χ1n) is 4.10. The fourth-order valence-electron chi connectivity index (χ4n) is 1.42. The molecule has 2 rings (SSSR count). The van der Waals surface area contributed by atoms with E-state index in [0.29, 0.717) is 5.56 Å². The molecule has 0 aliphatic carbocycles. The highest BCUT2D eigenvalue weighted by atomic mass is 35.5. The molecule has 1 aliphatic heterocycles. The van der Waals surface area contributed by atoms with Crippen molar-refractivity contribution >= 4 is 11.6 Å². The van der Waals surface area contributed by atoms with Gasteiger partial charge in [0, 0.05) is 11.6 Å². The number of aromatic hydroxyl groups is 1. The van der Waals surface area contributed by atoms with E-state index in [1.165, 1.54) is 12.1 Å². The summed E-state index contributed by atoms with van der Waals surface area (Å²) in [4.78, 5) is 0. The lowest BCUT2D eigenvalue weighted by molar-refractivity contribution is 0.351. The van der Waals surface area contributed by atoms with Crippen molar-refractivity contribution in [2.24, 2.45) is 0 Å². The van der Waals surface area contributed by atoms with Crippen LogP contribution in [0.4, 0.5) is 4.39 Å². The summed E-state index contributed by atoms with van der Waals surface area (Å²) in [5, 5.41) is 12.7. The van der Waals surface area contributed by atoms with E-state index in [9.17, 15) is 9.50 Å². The van der Waals surface area contributed by atoms with Crippen LogP contribution in [0.3, 0.4) is 0 Å². The van der Waals surface area contributed by atoms with Crippen molar-refractivity contribution in [2.45, 2.75) is 12.5 Å². The summed E-state index contributed by atoms with van der Waals surface area (Å²) in [6.45, 7) is 0.857. The number of nitrogens with one attached hydrogen (secondary N) is 1. The van der Waals surface area contributed by atoms with Gasteiger partial charge in [0.05, 0.1) is 5.02 Å². The Morgan fingerprint density at radius 3 is 2.77 bits per heavy atom. The van der Waals surface area contributed by atoms with Crippen LogP contribution in [0.5, 0.6) is 5.75 Å². The second-order valence-electron chi connectivity index (χ2n) is 3.09. The van der Waals surface area contributed by atoms with Crippen molar-refractivity contribution in [2.75, 3.05) is 6.54 Å². The minimum absolute atomic E-state index is 0.0845. The van der Waals surface area contributed by atoms with Crippen molar-refractivity contribution in [1.82, 2.24) is 5.32 Å². The topological polar surface area (TPSA) is 32.3 Å². The van der Waals surface area contributed by atoms with Gasteiger partial charge in [0.25, 0.3) is 0 Å². The Hall–Kier alpha value is -0.800. The van der Waals surface area contributed by atoms with Crippen LogP contribution < -0.4 is 5.32 Å². The first kappa shape index (κ1) is 8.78. The lowest BCUT2D eigenvalue weighted by atomic mass is 9.96. The third-order valence-corrected chi connectivity index (χ3v) is 2.59. The van der Waals surface area contributed by atoms with Crippen LogP contribution >= 0.6 is 11.6 Å². The van der Waals surface area contributed by atoms with Crippen molar-refractivity contribution in [3.8, 4) is 5.75 Å². The predicted octanol–water partition coefficient (Wildman–Crippen LogP) is 2.22. The normalized spacial score (nSPS) is 21.2. The van der Waals surface area contributed by atoms with Gasteiger partial charge in [0.2, 0.25) is 0 Å². The molecule has 1 atom stereocenters. The second kappa shape index (κ2) is 3.16. The Bertz CT molecular complexity index is 339.